The third-order valence-electron chi connectivity index (χ3n) is 9.83. The number of esters is 2. The van der Waals surface area contributed by atoms with E-state index in [1.807, 2.05) is 69.8 Å². The van der Waals surface area contributed by atoms with Gasteiger partial charge >= 0.3 is 11.9 Å². The molecule has 0 aromatic heterocycles. The van der Waals surface area contributed by atoms with Gasteiger partial charge in [-0.2, -0.15) is 0 Å². The van der Waals surface area contributed by atoms with Crippen molar-refractivity contribution >= 4 is 19.8 Å². The van der Waals surface area contributed by atoms with Gasteiger partial charge in [0.05, 0.1) is 33.9 Å². The number of nitrogens with zero attached hydrogens (tertiary/aromatic N) is 1. The number of aliphatic hydroxyl groups is 1. The highest BCUT2D eigenvalue weighted by Gasteiger charge is 2.21. The Labute approximate surface area is 372 Å². The van der Waals surface area contributed by atoms with Crippen LogP contribution in [0, 0.1) is 0 Å². The number of ether oxygens (including phenoxy) is 2. The topological polar surface area (TPSA) is 131 Å². The Morgan fingerprint density at radius 2 is 1.15 bits per heavy atom. The van der Waals surface area contributed by atoms with E-state index in [0.29, 0.717) is 36.7 Å². The van der Waals surface area contributed by atoms with Crippen LogP contribution in [0.5, 0.6) is 0 Å². The molecule has 2 unspecified atom stereocenters. The first-order valence-electron chi connectivity index (χ1n) is 23.8. The van der Waals surface area contributed by atoms with Crippen LogP contribution >= 0.6 is 7.82 Å². The zero-order valence-electron chi connectivity index (χ0n) is 39.2. The lowest BCUT2D eigenvalue weighted by molar-refractivity contribution is -0.870. The summed E-state index contributed by atoms with van der Waals surface area (Å²) in [5, 5.41) is 10.0. The number of phosphoric acid groups is 1. The number of phosphoric ester groups is 1. The third-order valence-corrected chi connectivity index (χ3v) is 10.8. The maximum Gasteiger partial charge on any atom is 0.306 e. The molecule has 0 amide bonds. The molecular weight excluding hydrogens is 790 g/mol. The Bertz CT molecular complexity index is 1280. The van der Waals surface area contributed by atoms with Crippen LogP contribution in [0.15, 0.2) is 72.9 Å². The molecule has 0 saturated carbocycles. The quantitative estimate of drug-likeness (QED) is 0.0159. The Morgan fingerprint density at radius 3 is 1.72 bits per heavy atom. The molecule has 0 aromatic carbocycles. The molecule has 0 aliphatic carbocycles. The van der Waals surface area contributed by atoms with Crippen LogP contribution < -0.4 is 4.89 Å². The zero-order chi connectivity index (χ0) is 45.1. The van der Waals surface area contributed by atoms with Gasteiger partial charge in [-0.05, 0) is 44.9 Å². The first-order valence-corrected chi connectivity index (χ1v) is 25.2. The molecule has 10 nitrogen and oxygen atoms in total. The van der Waals surface area contributed by atoms with Gasteiger partial charge in [0.1, 0.15) is 19.8 Å². The monoisotopic (exact) mass is 878 g/mol. The third kappa shape index (κ3) is 45.3. The summed E-state index contributed by atoms with van der Waals surface area (Å²) in [5.74, 6) is -0.962. The van der Waals surface area contributed by atoms with E-state index in [4.69, 9.17) is 18.5 Å². The summed E-state index contributed by atoms with van der Waals surface area (Å²) in [6.07, 6.45) is 48.3. The summed E-state index contributed by atoms with van der Waals surface area (Å²) in [6, 6.07) is 0. The second kappa shape index (κ2) is 41.4. The highest BCUT2D eigenvalue weighted by molar-refractivity contribution is 7.45. The summed E-state index contributed by atoms with van der Waals surface area (Å²) < 4.78 is 33.8. The van der Waals surface area contributed by atoms with Crippen molar-refractivity contribution in [1.82, 2.24) is 0 Å². The first-order chi connectivity index (χ1) is 29.4. The largest absolute Gasteiger partial charge is 0.756 e. The SMILES string of the molecule is CC/C=C\C/C=C\CC(O)/C=C/C=C\C/C=C\C/C=C\CCC(=O)O[C@H](COC(=O)CCCCCCCCCCCCCCCCCCC)COP(=O)([O-])OCC[N+](C)(C)C. The average molecular weight is 878 g/mol. The lowest BCUT2D eigenvalue weighted by Crippen LogP contribution is -2.37. The summed E-state index contributed by atoms with van der Waals surface area (Å²) >= 11 is 0. The first kappa shape index (κ1) is 58.4. The Morgan fingerprint density at radius 1 is 0.623 bits per heavy atom. The van der Waals surface area contributed by atoms with Gasteiger partial charge in [-0.15, -0.1) is 0 Å². The summed E-state index contributed by atoms with van der Waals surface area (Å²) in [6.45, 7) is 3.95. The minimum absolute atomic E-state index is 0.0558. The number of quaternary nitrogens is 1. The Kier molecular flexibility index (Phi) is 39.7. The van der Waals surface area contributed by atoms with Crippen LogP contribution in [-0.2, 0) is 32.7 Å². The fourth-order valence-electron chi connectivity index (χ4n) is 6.12. The summed E-state index contributed by atoms with van der Waals surface area (Å²) in [5.41, 5.74) is 0. The molecule has 0 saturated heterocycles. The van der Waals surface area contributed by atoms with E-state index in [-0.39, 0.29) is 26.1 Å². The lowest BCUT2D eigenvalue weighted by Gasteiger charge is -2.28. The average Bonchev–Trinajstić information content (AvgIpc) is 3.21. The van der Waals surface area contributed by atoms with Gasteiger partial charge in [-0.1, -0.05) is 189 Å². The Balaban J connectivity index is 4.49. The molecule has 0 aliphatic rings. The van der Waals surface area contributed by atoms with E-state index in [9.17, 15) is 24.2 Å². The second-order valence-corrected chi connectivity index (χ2v) is 18.4. The van der Waals surface area contributed by atoms with Crippen molar-refractivity contribution in [2.24, 2.45) is 0 Å². The van der Waals surface area contributed by atoms with Gasteiger partial charge in [0.15, 0.2) is 6.10 Å². The van der Waals surface area contributed by atoms with E-state index < -0.39 is 38.6 Å². The van der Waals surface area contributed by atoms with E-state index in [1.165, 1.54) is 89.9 Å². The van der Waals surface area contributed by atoms with Crippen LogP contribution in [-0.4, -0.2) is 81.2 Å². The van der Waals surface area contributed by atoms with Crippen molar-refractivity contribution < 1.29 is 47.2 Å². The number of hydrogen-bond acceptors (Lipinski definition) is 9. The highest BCUT2D eigenvalue weighted by Crippen LogP contribution is 2.38. The van der Waals surface area contributed by atoms with E-state index in [1.54, 1.807) is 6.08 Å². The van der Waals surface area contributed by atoms with Crippen LogP contribution in [0.25, 0.3) is 0 Å². The molecule has 0 aromatic rings. The van der Waals surface area contributed by atoms with Crippen molar-refractivity contribution in [3.63, 3.8) is 0 Å². The van der Waals surface area contributed by atoms with Gasteiger partial charge < -0.3 is 33.0 Å². The number of carbonyl (C=O) groups is 2. The number of unbranched alkanes of at least 4 members (excludes halogenated alkanes) is 16. The smallest absolute Gasteiger partial charge is 0.306 e. The highest BCUT2D eigenvalue weighted by atomic mass is 31.2. The molecule has 3 atom stereocenters. The van der Waals surface area contributed by atoms with Gasteiger partial charge in [-0.25, -0.2) is 0 Å². The van der Waals surface area contributed by atoms with Crippen molar-refractivity contribution in [2.45, 2.75) is 187 Å². The molecule has 0 fully saturated rings. The molecule has 0 radical (unpaired) electrons. The van der Waals surface area contributed by atoms with E-state index >= 15 is 0 Å². The van der Waals surface area contributed by atoms with E-state index in [0.717, 1.165) is 32.1 Å². The predicted molar refractivity (Wildman–Crippen MR) is 251 cm³/mol. The van der Waals surface area contributed by atoms with Crippen molar-refractivity contribution in [3.8, 4) is 0 Å². The molecule has 0 bridgehead atoms. The van der Waals surface area contributed by atoms with Crippen LogP contribution in [0.2, 0.25) is 0 Å². The number of allylic oxidation sites excluding steroid dienone is 10. The van der Waals surface area contributed by atoms with Crippen molar-refractivity contribution in [2.75, 3.05) is 47.5 Å². The maximum absolute atomic E-state index is 12.7. The normalized spacial score (nSPS) is 14.7. The maximum atomic E-state index is 12.7. The molecule has 0 rings (SSSR count). The van der Waals surface area contributed by atoms with Crippen LogP contribution in [0.1, 0.15) is 174 Å². The van der Waals surface area contributed by atoms with Crippen molar-refractivity contribution in [3.05, 3.63) is 72.9 Å². The van der Waals surface area contributed by atoms with Crippen molar-refractivity contribution in [1.29, 1.82) is 0 Å². The second-order valence-electron chi connectivity index (χ2n) is 16.9. The Hall–Kier alpha value is -2.59. The van der Waals surface area contributed by atoms with Gasteiger partial charge in [0.25, 0.3) is 7.82 Å². The molecular formula is C50H88NO9P. The zero-order valence-corrected chi connectivity index (χ0v) is 40.1. The lowest BCUT2D eigenvalue weighted by atomic mass is 10.0. The molecule has 11 heteroatoms. The van der Waals surface area contributed by atoms with Crippen LogP contribution in [0.4, 0.5) is 0 Å². The van der Waals surface area contributed by atoms with E-state index in [2.05, 4.69) is 32.1 Å². The minimum Gasteiger partial charge on any atom is -0.756 e. The van der Waals surface area contributed by atoms with Gasteiger partial charge in [-0.3, -0.25) is 14.2 Å². The summed E-state index contributed by atoms with van der Waals surface area (Å²) in [4.78, 5) is 37.6. The molecule has 0 spiro atoms. The molecule has 61 heavy (non-hydrogen) atoms. The molecule has 0 heterocycles. The number of likely N-dealkylation sites (N-methyl/N-ethyl adjacent to an activating group) is 1. The minimum atomic E-state index is -4.66. The molecule has 0 aliphatic heterocycles. The number of aliphatic hydroxyl groups excluding tert-OH is 1. The number of hydrogen-bond donors (Lipinski definition) is 1. The number of rotatable bonds is 42. The standard InChI is InChI=1S/C50H88NO9P/c1-6-8-10-12-14-15-16-17-18-19-20-21-22-26-29-33-37-41-49(53)57-45-48(46-59-61(55,56)58-44-43-51(3,4)5)60-50(54)42-38-34-30-27-24-23-25-28-32-36-40-47(52)39-35-31-13-11-9-7-2/h9,11,23-24,28,30-32,34-36,40,47-48,52H,6-8,10,12-22,25-27,29,33,37-39,41-46H2,1-5H3/b11-9-,24-23-,32-28-,34-30-,35-31-,40-36+/t47?,48-/m1/s1. The van der Waals surface area contributed by atoms with Crippen LogP contribution in [0.3, 0.4) is 0 Å². The fraction of sp³-hybridized carbons (Fsp3) is 0.720. The van der Waals surface area contributed by atoms with Gasteiger partial charge in [0.2, 0.25) is 0 Å². The number of carbonyl (C=O) groups excluding carboxylic acids is 2. The fourth-order valence-corrected chi connectivity index (χ4v) is 6.85. The molecule has 352 valence electrons. The summed E-state index contributed by atoms with van der Waals surface area (Å²) in [7, 11) is 1.08. The molecule has 1 N–H and O–H groups in total. The predicted octanol–water partition coefficient (Wildman–Crippen LogP) is 12.1. The van der Waals surface area contributed by atoms with Gasteiger partial charge in [0, 0.05) is 12.8 Å².